The maximum Gasteiger partial charge on any atom is 0.268 e. The van der Waals surface area contributed by atoms with E-state index < -0.39 is 5.60 Å². The highest BCUT2D eigenvalue weighted by Gasteiger charge is 2.32. The third-order valence-electron chi connectivity index (χ3n) is 5.31. The monoisotopic (exact) mass is 357 g/mol. The van der Waals surface area contributed by atoms with E-state index in [9.17, 15) is 14.7 Å². The number of nitrogens with one attached hydrogen (secondary N) is 3. The largest absolute Gasteiger partial charge is 0.388 e. The summed E-state index contributed by atoms with van der Waals surface area (Å²) >= 11 is 0. The van der Waals surface area contributed by atoms with E-state index >= 15 is 0 Å². The summed E-state index contributed by atoms with van der Waals surface area (Å²) in [5.41, 5.74) is 0.399. The summed E-state index contributed by atoms with van der Waals surface area (Å²) in [6.45, 7) is 1.88. The Morgan fingerprint density at radius 3 is 2.65 bits per heavy atom. The molecule has 1 aliphatic carbocycles. The lowest BCUT2D eigenvalue weighted by molar-refractivity contribution is -0.122. The normalized spacial score (nSPS) is 17.6. The van der Waals surface area contributed by atoms with Crippen LogP contribution in [0.4, 0.5) is 0 Å². The topological polar surface area (TPSA) is 94.2 Å². The number of hydrogen-bond acceptors (Lipinski definition) is 3. The Hall–Kier alpha value is -2.34. The molecule has 0 aliphatic heterocycles. The summed E-state index contributed by atoms with van der Waals surface area (Å²) in [6.07, 6.45) is 5.49. The average Bonchev–Trinajstić information content (AvgIpc) is 3.09. The highest BCUT2D eigenvalue weighted by Crippen LogP contribution is 2.32. The highest BCUT2D eigenvalue weighted by atomic mass is 16.3. The first-order valence-electron chi connectivity index (χ1n) is 9.31. The molecule has 6 heteroatoms. The summed E-state index contributed by atoms with van der Waals surface area (Å²) in [7, 11) is 0. The Labute approximate surface area is 153 Å². The van der Waals surface area contributed by atoms with Crippen LogP contribution < -0.4 is 10.6 Å². The minimum Gasteiger partial charge on any atom is -0.388 e. The lowest BCUT2D eigenvalue weighted by atomic mass is 9.78. The Bertz CT molecular complexity index is 742. The van der Waals surface area contributed by atoms with Gasteiger partial charge in [-0.3, -0.25) is 9.59 Å². The van der Waals surface area contributed by atoms with E-state index in [4.69, 9.17) is 0 Å². The minimum absolute atomic E-state index is 0.116. The SMILES string of the molecule is C[C@](O)(CNC(=O)CNC(=O)c1cc2ccccc2[nH]1)C1CCCCC1. The molecule has 1 saturated carbocycles. The second-order valence-corrected chi connectivity index (χ2v) is 7.42. The zero-order valence-corrected chi connectivity index (χ0v) is 15.2. The number of amides is 2. The van der Waals surface area contributed by atoms with Crippen LogP contribution in [0.2, 0.25) is 0 Å². The van der Waals surface area contributed by atoms with Crippen LogP contribution in [-0.2, 0) is 4.79 Å². The molecule has 0 bridgehead atoms. The van der Waals surface area contributed by atoms with Gasteiger partial charge in [0.2, 0.25) is 5.91 Å². The van der Waals surface area contributed by atoms with E-state index in [1.54, 1.807) is 13.0 Å². The molecular formula is C20H27N3O3. The van der Waals surface area contributed by atoms with E-state index in [2.05, 4.69) is 15.6 Å². The second-order valence-electron chi connectivity index (χ2n) is 7.42. The molecule has 1 atom stereocenters. The molecule has 0 radical (unpaired) electrons. The molecule has 6 nitrogen and oxygen atoms in total. The Kier molecular flexibility index (Phi) is 5.61. The first-order valence-corrected chi connectivity index (χ1v) is 9.31. The predicted octanol–water partition coefficient (Wildman–Crippen LogP) is 2.35. The second kappa shape index (κ2) is 7.91. The van der Waals surface area contributed by atoms with Crippen molar-refractivity contribution in [2.75, 3.05) is 13.1 Å². The van der Waals surface area contributed by atoms with Gasteiger partial charge in [0.05, 0.1) is 12.1 Å². The van der Waals surface area contributed by atoms with E-state index in [1.165, 1.54) is 6.42 Å². The maximum absolute atomic E-state index is 12.2. The Morgan fingerprint density at radius 2 is 1.92 bits per heavy atom. The fourth-order valence-electron chi connectivity index (χ4n) is 3.66. The number of carbonyl (C=O) groups excluding carboxylic acids is 2. The van der Waals surface area contributed by atoms with Crippen LogP contribution in [0.5, 0.6) is 0 Å². The lowest BCUT2D eigenvalue weighted by Gasteiger charge is -2.35. The van der Waals surface area contributed by atoms with Crippen LogP contribution in [0.3, 0.4) is 0 Å². The van der Waals surface area contributed by atoms with Gasteiger partial charge in [-0.25, -0.2) is 0 Å². The molecule has 0 saturated heterocycles. The van der Waals surface area contributed by atoms with Crippen molar-refractivity contribution in [1.29, 1.82) is 0 Å². The molecule has 0 unspecified atom stereocenters. The number of fused-ring (bicyclic) bond motifs is 1. The first kappa shape index (κ1) is 18.5. The number of carbonyl (C=O) groups is 2. The molecule has 1 aromatic carbocycles. The van der Waals surface area contributed by atoms with Gasteiger partial charge in [0.25, 0.3) is 5.91 Å². The van der Waals surface area contributed by atoms with Crippen LogP contribution in [0.25, 0.3) is 10.9 Å². The quantitative estimate of drug-likeness (QED) is 0.639. The van der Waals surface area contributed by atoms with E-state index in [0.29, 0.717) is 5.69 Å². The number of aromatic amines is 1. The summed E-state index contributed by atoms with van der Waals surface area (Å²) in [4.78, 5) is 27.3. The number of aliphatic hydroxyl groups is 1. The van der Waals surface area contributed by atoms with Crippen molar-refractivity contribution in [3.05, 3.63) is 36.0 Å². The molecule has 3 rings (SSSR count). The van der Waals surface area contributed by atoms with Gasteiger partial charge < -0.3 is 20.7 Å². The third kappa shape index (κ3) is 4.43. The van der Waals surface area contributed by atoms with Gasteiger partial charge in [-0.15, -0.1) is 0 Å². The smallest absolute Gasteiger partial charge is 0.268 e. The lowest BCUT2D eigenvalue weighted by Crippen LogP contribution is -2.48. The first-order chi connectivity index (χ1) is 12.5. The molecule has 4 N–H and O–H groups in total. The number of para-hydroxylation sites is 1. The summed E-state index contributed by atoms with van der Waals surface area (Å²) in [6, 6.07) is 9.38. The van der Waals surface area contributed by atoms with Crippen molar-refractivity contribution in [1.82, 2.24) is 15.6 Å². The molecule has 1 heterocycles. The van der Waals surface area contributed by atoms with Crippen molar-refractivity contribution in [3.8, 4) is 0 Å². The van der Waals surface area contributed by atoms with Gasteiger partial charge in [-0.1, -0.05) is 37.5 Å². The molecule has 2 aromatic rings. The van der Waals surface area contributed by atoms with Crippen molar-refractivity contribution < 1.29 is 14.7 Å². The number of hydrogen-bond donors (Lipinski definition) is 4. The standard InChI is InChI=1S/C20H27N3O3/c1-20(26,15-8-3-2-4-9-15)13-22-18(24)12-21-19(25)17-11-14-7-5-6-10-16(14)23-17/h5-7,10-11,15,23,26H,2-4,8-9,12-13H2,1H3,(H,21,25)(H,22,24)/t20-/m0/s1. The molecule has 2 amide bonds. The highest BCUT2D eigenvalue weighted by molar-refractivity contribution is 5.99. The number of H-pyrrole nitrogens is 1. The van der Waals surface area contributed by atoms with E-state index in [1.807, 2.05) is 24.3 Å². The molecule has 140 valence electrons. The summed E-state index contributed by atoms with van der Waals surface area (Å²) in [5, 5.41) is 16.9. The van der Waals surface area contributed by atoms with Crippen LogP contribution in [-0.4, -0.2) is 40.6 Å². The van der Waals surface area contributed by atoms with Crippen molar-refractivity contribution in [3.63, 3.8) is 0 Å². The van der Waals surface area contributed by atoms with Crippen LogP contribution in [0.15, 0.2) is 30.3 Å². The zero-order valence-electron chi connectivity index (χ0n) is 15.2. The van der Waals surface area contributed by atoms with Crippen LogP contribution >= 0.6 is 0 Å². The number of aromatic nitrogens is 1. The fourth-order valence-corrected chi connectivity index (χ4v) is 3.66. The van der Waals surface area contributed by atoms with Gasteiger partial charge in [0.1, 0.15) is 5.69 Å². The summed E-state index contributed by atoms with van der Waals surface area (Å²) < 4.78 is 0. The van der Waals surface area contributed by atoms with Crippen molar-refractivity contribution >= 4 is 22.7 Å². The van der Waals surface area contributed by atoms with Gasteiger partial charge in [0.15, 0.2) is 0 Å². The zero-order chi connectivity index (χ0) is 18.6. The van der Waals surface area contributed by atoms with E-state index in [0.717, 1.165) is 36.6 Å². The van der Waals surface area contributed by atoms with Gasteiger partial charge >= 0.3 is 0 Å². The third-order valence-corrected chi connectivity index (χ3v) is 5.31. The summed E-state index contributed by atoms with van der Waals surface area (Å²) in [5.74, 6) is -0.404. The van der Waals surface area contributed by atoms with Crippen molar-refractivity contribution in [2.24, 2.45) is 5.92 Å². The number of benzene rings is 1. The maximum atomic E-state index is 12.2. The minimum atomic E-state index is -0.905. The molecule has 1 aromatic heterocycles. The Balaban J connectivity index is 1.46. The molecule has 26 heavy (non-hydrogen) atoms. The van der Waals surface area contributed by atoms with E-state index in [-0.39, 0.29) is 30.8 Å². The average molecular weight is 357 g/mol. The van der Waals surface area contributed by atoms with Crippen LogP contribution in [0.1, 0.15) is 49.5 Å². The number of rotatable bonds is 6. The molecule has 0 spiro atoms. The van der Waals surface area contributed by atoms with Crippen molar-refractivity contribution in [2.45, 2.75) is 44.6 Å². The predicted molar refractivity (Wildman–Crippen MR) is 101 cm³/mol. The van der Waals surface area contributed by atoms with Crippen LogP contribution in [0, 0.1) is 5.92 Å². The fraction of sp³-hybridized carbons (Fsp3) is 0.500. The van der Waals surface area contributed by atoms with Gasteiger partial charge in [-0.2, -0.15) is 0 Å². The van der Waals surface area contributed by atoms with Gasteiger partial charge in [-0.05, 0) is 37.8 Å². The molecule has 1 fully saturated rings. The van der Waals surface area contributed by atoms with Gasteiger partial charge in [0, 0.05) is 17.4 Å². The Morgan fingerprint density at radius 1 is 1.19 bits per heavy atom. The molecular weight excluding hydrogens is 330 g/mol. The molecule has 1 aliphatic rings.